The summed E-state index contributed by atoms with van der Waals surface area (Å²) in [6.07, 6.45) is 1.66. The van der Waals surface area contributed by atoms with Crippen molar-refractivity contribution in [3.05, 3.63) is 29.6 Å². The predicted octanol–water partition coefficient (Wildman–Crippen LogP) is 1.77. The van der Waals surface area contributed by atoms with E-state index in [1.807, 2.05) is 11.8 Å². The molecular weight excluding hydrogens is 327 g/mol. The van der Waals surface area contributed by atoms with Gasteiger partial charge in [-0.1, -0.05) is 13.0 Å². The van der Waals surface area contributed by atoms with Gasteiger partial charge in [-0.3, -0.25) is 14.5 Å². The maximum atomic E-state index is 13.7. The number of carboxylic acid groups (broad SMARTS) is 1. The van der Waals surface area contributed by atoms with Gasteiger partial charge in [0.15, 0.2) is 11.6 Å². The van der Waals surface area contributed by atoms with Crippen molar-refractivity contribution in [1.29, 1.82) is 0 Å². The number of rotatable bonds is 7. The molecule has 1 aliphatic rings. The topological polar surface area (TPSA) is 70.1 Å². The van der Waals surface area contributed by atoms with Crippen LogP contribution in [0.4, 0.5) is 4.39 Å². The van der Waals surface area contributed by atoms with Crippen molar-refractivity contribution < 1.29 is 23.8 Å². The van der Waals surface area contributed by atoms with E-state index in [1.54, 1.807) is 11.0 Å². The van der Waals surface area contributed by atoms with Gasteiger partial charge in [-0.25, -0.2) is 4.39 Å². The van der Waals surface area contributed by atoms with Crippen LogP contribution in [-0.4, -0.2) is 66.1 Å². The molecule has 0 aliphatic carbocycles. The molecule has 25 heavy (non-hydrogen) atoms. The first-order valence-corrected chi connectivity index (χ1v) is 8.50. The van der Waals surface area contributed by atoms with Gasteiger partial charge in [0.25, 0.3) is 0 Å². The molecule has 1 heterocycles. The number of ether oxygens (including phenoxy) is 1. The Morgan fingerprint density at radius 2 is 2.04 bits per heavy atom. The molecule has 1 saturated heterocycles. The first-order chi connectivity index (χ1) is 11.9. The second kappa shape index (κ2) is 8.80. The highest BCUT2D eigenvalue weighted by Gasteiger charge is 2.27. The second-order valence-electron chi connectivity index (χ2n) is 6.21. The number of likely N-dealkylation sites (N-methyl/N-ethyl adjacent to an activating group) is 1. The lowest BCUT2D eigenvalue weighted by molar-refractivity contribution is -0.140. The Kier molecular flexibility index (Phi) is 6.75. The van der Waals surface area contributed by atoms with Gasteiger partial charge in [0.1, 0.15) is 0 Å². The zero-order valence-corrected chi connectivity index (χ0v) is 14.7. The molecule has 0 spiro atoms. The number of halogens is 1. The normalized spacial score (nSPS) is 15.4. The number of amides is 1. The molecule has 7 heteroatoms. The van der Waals surface area contributed by atoms with Gasteiger partial charge in [0.05, 0.1) is 20.1 Å². The summed E-state index contributed by atoms with van der Waals surface area (Å²) in [5, 5.41) is 8.96. The summed E-state index contributed by atoms with van der Waals surface area (Å²) in [5.74, 6) is -1.18. The van der Waals surface area contributed by atoms with Crippen molar-refractivity contribution in [1.82, 2.24) is 9.80 Å². The Hall–Kier alpha value is -2.15. The van der Waals surface area contributed by atoms with E-state index in [-0.39, 0.29) is 30.7 Å². The minimum atomic E-state index is -0.832. The fraction of sp³-hybridized carbons (Fsp3) is 0.556. The van der Waals surface area contributed by atoms with Crippen LogP contribution in [0.15, 0.2) is 18.2 Å². The number of carbonyl (C=O) groups is 2. The number of carboxylic acids is 1. The smallest absolute Gasteiger partial charge is 0.317 e. The van der Waals surface area contributed by atoms with Crippen molar-refractivity contribution in [2.24, 2.45) is 0 Å². The van der Waals surface area contributed by atoms with E-state index in [4.69, 9.17) is 9.84 Å². The van der Waals surface area contributed by atoms with Gasteiger partial charge in [-0.05, 0) is 37.1 Å². The molecule has 1 aromatic rings. The van der Waals surface area contributed by atoms with Gasteiger partial charge in [-0.2, -0.15) is 0 Å². The Bertz CT molecular complexity index is 615. The summed E-state index contributed by atoms with van der Waals surface area (Å²) >= 11 is 0. The molecule has 1 fully saturated rings. The maximum absolute atomic E-state index is 13.7. The molecule has 0 radical (unpaired) electrons. The Labute approximate surface area is 147 Å². The molecule has 1 N–H and O–H groups in total. The Morgan fingerprint density at radius 1 is 1.36 bits per heavy atom. The second-order valence-corrected chi connectivity index (χ2v) is 6.21. The van der Waals surface area contributed by atoms with Crippen LogP contribution >= 0.6 is 0 Å². The zero-order chi connectivity index (χ0) is 18.4. The van der Waals surface area contributed by atoms with Crippen molar-refractivity contribution in [2.75, 3.05) is 33.3 Å². The van der Waals surface area contributed by atoms with Crippen molar-refractivity contribution in [3.8, 4) is 5.75 Å². The first kappa shape index (κ1) is 19.2. The highest BCUT2D eigenvalue weighted by Crippen LogP contribution is 2.20. The van der Waals surface area contributed by atoms with Gasteiger partial charge in [0.2, 0.25) is 5.91 Å². The van der Waals surface area contributed by atoms with Gasteiger partial charge in [-0.15, -0.1) is 0 Å². The average molecular weight is 352 g/mol. The van der Waals surface area contributed by atoms with E-state index in [0.717, 1.165) is 12.8 Å². The molecule has 6 nitrogen and oxygen atoms in total. The van der Waals surface area contributed by atoms with E-state index in [1.165, 1.54) is 19.2 Å². The third-order valence-electron chi connectivity index (χ3n) is 4.65. The Balaban J connectivity index is 1.88. The molecule has 1 amide bonds. The van der Waals surface area contributed by atoms with Crippen LogP contribution in [0.5, 0.6) is 5.75 Å². The number of nitrogens with zero attached hydrogens (tertiary/aromatic N) is 2. The summed E-state index contributed by atoms with van der Waals surface area (Å²) in [4.78, 5) is 27.0. The van der Waals surface area contributed by atoms with Crippen LogP contribution in [0.3, 0.4) is 0 Å². The highest BCUT2D eigenvalue weighted by molar-refractivity contribution is 5.79. The van der Waals surface area contributed by atoms with E-state index < -0.39 is 11.8 Å². The monoisotopic (exact) mass is 352 g/mol. The highest BCUT2D eigenvalue weighted by atomic mass is 19.1. The lowest BCUT2D eigenvalue weighted by Crippen LogP contribution is -2.48. The number of methoxy groups -OCH3 is 1. The number of hydrogen-bond donors (Lipinski definition) is 1. The number of likely N-dealkylation sites (tertiary alicyclic amines) is 1. The van der Waals surface area contributed by atoms with Crippen LogP contribution in [0.2, 0.25) is 0 Å². The minimum absolute atomic E-state index is 0.0280. The standard InChI is InChI=1S/C18H25FN2O4/c1-3-20(12-18(23)24)14-6-8-21(9-7-14)17(22)11-13-4-5-16(25-2)15(19)10-13/h4-5,10,14H,3,6-9,11-12H2,1-2H3,(H,23,24). The number of carbonyl (C=O) groups excluding carboxylic acids is 1. The molecule has 0 atom stereocenters. The third kappa shape index (κ3) is 5.16. The average Bonchev–Trinajstić information content (AvgIpc) is 2.60. The summed E-state index contributed by atoms with van der Waals surface area (Å²) in [6.45, 7) is 3.84. The van der Waals surface area contributed by atoms with Gasteiger partial charge >= 0.3 is 5.97 Å². The van der Waals surface area contributed by atoms with Crippen LogP contribution in [0.25, 0.3) is 0 Å². The van der Waals surface area contributed by atoms with Crippen LogP contribution < -0.4 is 4.74 Å². The quantitative estimate of drug-likeness (QED) is 0.810. The largest absolute Gasteiger partial charge is 0.494 e. The summed E-state index contributed by atoms with van der Waals surface area (Å²) in [7, 11) is 1.40. The lowest BCUT2D eigenvalue weighted by Gasteiger charge is -2.37. The Morgan fingerprint density at radius 3 is 2.56 bits per heavy atom. The van der Waals surface area contributed by atoms with Crippen LogP contribution in [-0.2, 0) is 16.0 Å². The maximum Gasteiger partial charge on any atom is 0.317 e. The summed E-state index contributed by atoms with van der Waals surface area (Å²) in [6, 6.07) is 4.73. The molecule has 2 rings (SSSR count). The molecule has 0 bridgehead atoms. The number of hydrogen-bond acceptors (Lipinski definition) is 4. The molecular formula is C18H25FN2O4. The number of benzene rings is 1. The van der Waals surface area contributed by atoms with Gasteiger partial charge < -0.3 is 14.7 Å². The van der Waals surface area contributed by atoms with Crippen molar-refractivity contribution >= 4 is 11.9 Å². The first-order valence-electron chi connectivity index (χ1n) is 8.50. The molecule has 0 unspecified atom stereocenters. The van der Waals surface area contributed by atoms with Gasteiger partial charge in [0, 0.05) is 19.1 Å². The molecule has 0 saturated carbocycles. The van der Waals surface area contributed by atoms with Crippen LogP contribution in [0, 0.1) is 5.82 Å². The molecule has 1 aromatic carbocycles. The lowest BCUT2D eigenvalue weighted by atomic mass is 10.0. The fourth-order valence-electron chi connectivity index (χ4n) is 3.26. The van der Waals surface area contributed by atoms with Crippen molar-refractivity contribution in [2.45, 2.75) is 32.2 Å². The van der Waals surface area contributed by atoms with E-state index >= 15 is 0 Å². The molecule has 0 aromatic heterocycles. The minimum Gasteiger partial charge on any atom is -0.494 e. The van der Waals surface area contributed by atoms with E-state index in [9.17, 15) is 14.0 Å². The molecule has 138 valence electrons. The zero-order valence-electron chi connectivity index (χ0n) is 14.7. The summed E-state index contributed by atoms with van der Waals surface area (Å²) < 4.78 is 18.6. The van der Waals surface area contributed by atoms with E-state index in [0.29, 0.717) is 25.2 Å². The summed E-state index contributed by atoms with van der Waals surface area (Å²) in [5.41, 5.74) is 0.617. The predicted molar refractivity (Wildman–Crippen MR) is 91.1 cm³/mol. The molecule has 1 aliphatic heterocycles. The van der Waals surface area contributed by atoms with E-state index in [2.05, 4.69) is 0 Å². The number of aliphatic carboxylic acids is 1. The van der Waals surface area contributed by atoms with Crippen molar-refractivity contribution in [3.63, 3.8) is 0 Å². The number of piperidine rings is 1. The SMILES string of the molecule is CCN(CC(=O)O)C1CCN(C(=O)Cc2ccc(OC)c(F)c2)CC1. The third-order valence-corrected chi connectivity index (χ3v) is 4.65. The fourth-order valence-corrected chi connectivity index (χ4v) is 3.26. The van der Waals surface area contributed by atoms with Crippen LogP contribution in [0.1, 0.15) is 25.3 Å².